The van der Waals surface area contributed by atoms with Gasteiger partial charge < -0.3 is 15.1 Å². The second-order valence-electron chi connectivity index (χ2n) is 8.69. The van der Waals surface area contributed by atoms with Crippen LogP contribution in [0.15, 0.2) is 30.5 Å². The van der Waals surface area contributed by atoms with E-state index < -0.39 is 0 Å². The van der Waals surface area contributed by atoms with Crippen molar-refractivity contribution in [2.75, 3.05) is 42.5 Å². The zero-order chi connectivity index (χ0) is 20.2. The van der Waals surface area contributed by atoms with Crippen molar-refractivity contribution in [3.05, 3.63) is 52.8 Å². The molecule has 2 aromatic heterocycles. The van der Waals surface area contributed by atoms with E-state index in [2.05, 4.69) is 40.4 Å². The smallest absolute Gasteiger partial charge is 0.233 e. The van der Waals surface area contributed by atoms with Crippen molar-refractivity contribution in [2.45, 2.75) is 26.2 Å². The van der Waals surface area contributed by atoms with Crippen molar-refractivity contribution < 1.29 is 4.79 Å². The molecule has 5 heterocycles. The van der Waals surface area contributed by atoms with E-state index in [0.29, 0.717) is 0 Å². The Bertz CT molecular complexity index is 1150. The number of rotatable bonds is 2. The second kappa shape index (κ2) is 6.80. The van der Waals surface area contributed by atoms with Crippen molar-refractivity contribution in [2.24, 2.45) is 5.92 Å². The van der Waals surface area contributed by atoms with Crippen LogP contribution < -0.4 is 15.1 Å². The molecule has 0 unspecified atom stereocenters. The molecule has 0 aliphatic carbocycles. The van der Waals surface area contributed by atoms with Gasteiger partial charge in [0.25, 0.3) is 0 Å². The highest BCUT2D eigenvalue weighted by Gasteiger charge is 2.40. The highest BCUT2D eigenvalue weighted by molar-refractivity contribution is 5.98. The molecule has 154 valence electrons. The van der Waals surface area contributed by atoms with E-state index in [9.17, 15) is 4.79 Å². The maximum Gasteiger partial charge on any atom is 0.233 e. The number of hydrogen-bond donors (Lipinski definition) is 1. The Morgan fingerprint density at radius 2 is 2.00 bits per heavy atom. The van der Waals surface area contributed by atoms with Crippen LogP contribution in [0.4, 0.5) is 11.5 Å². The van der Waals surface area contributed by atoms with Gasteiger partial charge in [0.15, 0.2) is 5.65 Å². The summed E-state index contributed by atoms with van der Waals surface area (Å²) in [6, 6.07) is 8.39. The van der Waals surface area contributed by atoms with E-state index in [1.807, 2.05) is 21.7 Å². The van der Waals surface area contributed by atoms with Gasteiger partial charge in [0.1, 0.15) is 5.82 Å². The Morgan fingerprint density at radius 1 is 1.13 bits per heavy atom. The summed E-state index contributed by atoms with van der Waals surface area (Å²) in [7, 11) is 0. The number of anilines is 2. The maximum atomic E-state index is 13.3. The summed E-state index contributed by atoms with van der Waals surface area (Å²) < 4.78 is 1.96. The van der Waals surface area contributed by atoms with Crippen LogP contribution in [0.5, 0.6) is 0 Å². The van der Waals surface area contributed by atoms with Gasteiger partial charge in [-0.2, -0.15) is 9.61 Å². The first-order valence-corrected chi connectivity index (χ1v) is 10.9. The van der Waals surface area contributed by atoms with Gasteiger partial charge in [0.05, 0.1) is 17.8 Å². The molecule has 3 aromatic rings. The maximum absolute atomic E-state index is 13.3. The molecule has 7 heteroatoms. The molecular formula is C23H26N6O. The van der Waals surface area contributed by atoms with E-state index in [1.165, 1.54) is 22.4 Å². The molecule has 3 aliphatic heterocycles. The van der Waals surface area contributed by atoms with E-state index in [1.54, 1.807) is 0 Å². The number of aromatic nitrogens is 3. The van der Waals surface area contributed by atoms with Crippen LogP contribution in [0.25, 0.3) is 5.65 Å². The monoisotopic (exact) mass is 402 g/mol. The molecule has 0 spiro atoms. The summed E-state index contributed by atoms with van der Waals surface area (Å²) in [6.07, 6.45) is 4.65. The number of fused-ring (bicyclic) bond motifs is 3. The first-order chi connectivity index (χ1) is 14.7. The molecule has 1 N–H and O–H groups in total. The molecule has 1 saturated heterocycles. The lowest BCUT2D eigenvalue weighted by atomic mass is 9.96. The van der Waals surface area contributed by atoms with Gasteiger partial charge in [-0.15, -0.1) is 0 Å². The number of aryl methyl sites for hydroxylation is 1. The third-order valence-corrected chi connectivity index (χ3v) is 6.71. The SMILES string of the molecule is Cc1ccc2c(c1)CCN2C(=O)C1CN(c2c3c(nc4ccnn24)CCNCC3)C1. The molecule has 6 rings (SSSR count). The van der Waals surface area contributed by atoms with Gasteiger partial charge in [-0.25, -0.2) is 4.98 Å². The number of nitrogens with zero attached hydrogens (tertiary/aromatic N) is 5. The van der Waals surface area contributed by atoms with E-state index in [4.69, 9.17) is 4.98 Å². The van der Waals surface area contributed by atoms with Crippen LogP contribution in [-0.2, 0) is 24.1 Å². The Hall–Kier alpha value is -2.93. The fourth-order valence-corrected chi connectivity index (χ4v) is 5.13. The van der Waals surface area contributed by atoms with Gasteiger partial charge in [0, 0.05) is 49.9 Å². The molecule has 30 heavy (non-hydrogen) atoms. The molecule has 1 fully saturated rings. The summed E-state index contributed by atoms with van der Waals surface area (Å²) in [5.41, 5.74) is 7.00. The van der Waals surface area contributed by atoms with Crippen LogP contribution in [0.3, 0.4) is 0 Å². The Labute approximate surface area is 175 Å². The van der Waals surface area contributed by atoms with Gasteiger partial charge in [0.2, 0.25) is 5.91 Å². The minimum atomic E-state index is 0.0376. The van der Waals surface area contributed by atoms with Gasteiger partial charge in [-0.05, 0) is 37.9 Å². The largest absolute Gasteiger partial charge is 0.354 e. The second-order valence-corrected chi connectivity index (χ2v) is 8.69. The molecule has 1 amide bonds. The molecule has 1 aromatic carbocycles. The van der Waals surface area contributed by atoms with Crippen molar-refractivity contribution >= 4 is 23.1 Å². The Kier molecular flexibility index (Phi) is 4.06. The summed E-state index contributed by atoms with van der Waals surface area (Å²) in [5.74, 6) is 1.42. The lowest BCUT2D eigenvalue weighted by molar-refractivity contribution is -0.123. The zero-order valence-corrected chi connectivity index (χ0v) is 17.3. The van der Waals surface area contributed by atoms with Crippen LogP contribution in [0, 0.1) is 12.8 Å². The summed E-state index contributed by atoms with van der Waals surface area (Å²) in [4.78, 5) is 22.4. The molecule has 0 saturated carbocycles. The lowest BCUT2D eigenvalue weighted by Gasteiger charge is -2.42. The predicted octanol–water partition coefficient (Wildman–Crippen LogP) is 1.75. The summed E-state index contributed by atoms with van der Waals surface area (Å²) in [6.45, 7) is 6.31. The van der Waals surface area contributed by atoms with Crippen molar-refractivity contribution in [3.8, 4) is 0 Å². The average molecular weight is 403 g/mol. The highest BCUT2D eigenvalue weighted by Crippen LogP contribution is 2.35. The summed E-state index contributed by atoms with van der Waals surface area (Å²) >= 11 is 0. The van der Waals surface area contributed by atoms with Crippen molar-refractivity contribution in [1.82, 2.24) is 19.9 Å². The highest BCUT2D eigenvalue weighted by atomic mass is 16.2. The minimum absolute atomic E-state index is 0.0376. The number of carbonyl (C=O) groups excluding carboxylic acids is 1. The Balaban J connectivity index is 1.27. The number of hydrogen-bond acceptors (Lipinski definition) is 5. The lowest BCUT2D eigenvalue weighted by Crippen LogP contribution is -2.55. The van der Waals surface area contributed by atoms with E-state index in [0.717, 1.165) is 69.1 Å². The molecule has 0 atom stereocenters. The van der Waals surface area contributed by atoms with Crippen LogP contribution in [0.2, 0.25) is 0 Å². The van der Waals surface area contributed by atoms with Crippen LogP contribution in [0.1, 0.15) is 22.4 Å². The minimum Gasteiger partial charge on any atom is -0.354 e. The third kappa shape index (κ3) is 2.72. The fourth-order valence-electron chi connectivity index (χ4n) is 5.13. The van der Waals surface area contributed by atoms with Gasteiger partial charge >= 0.3 is 0 Å². The normalized spacial score (nSPS) is 18.8. The number of amides is 1. The number of carbonyl (C=O) groups is 1. The average Bonchev–Trinajstić information content (AvgIpc) is 3.26. The zero-order valence-electron chi connectivity index (χ0n) is 17.3. The molecular weight excluding hydrogens is 376 g/mol. The summed E-state index contributed by atoms with van der Waals surface area (Å²) in [5, 5.41) is 8.01. The van der Waals surface area contributed by atoms with Crippen LogP contribution in [-0.4, -0.2) is 53.2 Å². The molecule has 3 aliphatic rings. The van der Waals surface area contributed by atoms with E-state index in [-0.39, 0.29) is 11.8 Å². The number of benzene rings is 1. The molecule has 0 radical (unpaired) electrons. The van der Waals surface area contributed by atoms with Gasteiger partial charge in [-0.3, -0.25) is 4.79 Å². The predicted molar refractivity (Wildman–Crippen MR) is 116 cm³/mol. The van der Waals surface area contributed by atoms with Crippen LogP contribution >= 0.6 is 0 Å². The topological polar surface area (TPSA) is 65.8 Å². The Morgan fingerprint density at radius 3 is 2.90 bits per heavy atom. The van der Waals surface area contributed by atoms with Gasteiger partial charge in [-0.1, -0.05) is 17.7 Å². The molecule has 0 bridgehead atoms. The molecule has 7 nitrogen and oxygen atoms in total. The first-order valence-electron chi connectivity index (χ1n) is 10.9. The van der Waals surface area contributed by atoms with Crippen molar-refractivity contribution in [3.63, 3.8) is 0 Å². The van der Waals surface area contributed by atoms with E-state index >= 15 is 0 Å². The quantitative estimate of drug-likeness (QED) is 0.708. The van der Waals surface area contributed by atoms with Crippen molar-refractivity contribution in [1.29, 1.82) is 0 Å². The fraction of sp³-hybridized carbons (Fsp3) is 0.435. The standard InChI is InChI=1S/C23H26N6O/c1-15-2-3-20-16(12-15)7-11-28(20)23(30)17-13-27(14-17)22-18-4-8-24-9-5-19(18)26-21-6-10-25-29(21)22/h2-3,6,10,12,17,24H,4-5,7-9,11,13-14H2,1H3. The third-order valence-electron chi connectivity index (χ3n) is 6.71. The first kappa shape index (κ1) is 17.9. The number of nitrogens with one attached hydrogen (secondary N) is 1.